The fourth-order valence-electron chi connectivity index (χ4n) is 1.14. The molecule has 0 aliphatic rings. The molecule has 0 aromatic heterocycles. The number of para-hydroxylation sites is 1. The Balaban J connectivity index is 0.000000261. The van der Waals surface area contributed by atoms with Crippen LogP contribution in [0.2, 0.25) is 0 Å². The van der Waals surface area contributed by atoms with Gasteiger partial charge in [0.25, 0.3) is 0 Å². The molecule has 0 aliphatic heterocycles. The number of benzene rings is 2. The summed E-state index contributed by atoms with van der Waals surface area (Å²) in [5.41, 5.74) is -5.53. The standard InChI is InChI=1S/C12H10OS.CHF3O3S/c14-12-8-6-11(7-9-12)13-10-4-2-1-3-5-10;2-1(3,4)8(5,6)7/h1-9,14H;(H,5,6,7). The molecule has 0 atom stereocenters. The Bertz CT molecular complexity index is 683. The number of alkyl halides is 3. The second kappa shape index (κ2) is 7.52. The minimum absolute atomic E-state index is 0.828. The molecule has 0 saturated carbocycles. The number of halogens is 3. The van der Waals surface area contributed by atoms with E-state index in [4.69, 9.17) is 17.7 Å². The minimum Gasteiger partial charge on any atom is -0.457 e. The molecule has 0 amide bonds. The van der Waals surface area contributed by atoms with E-state index in [-0.39, 0.29) is 0 Å². The van der Waals surface area contributed by atoms with Crippen molar-refractivity contribution < 1.29 is 30.9 Å². The van der Waals surface area contributed by atoms with Gasteiger partial charge in [0, 0.05) is 4.90 Å². The molecule has 0 bridgehead atoms. The molecule has 2 aromatic rings. The van der Waals surface area contributed by atoms with Crippen LogP contribution in [0.25, 0.3) is 0 Å². The van der Waals surface area contributed by atoms with Gasteiger partial charge in [0.2, 0.25) is 0 Å². The second-order valence-electron chi connectivity index (χ2n) is 3.83. The predicted molar refractivity (Wildman–Crippen MR) is 77.8 cm³/mol. The lowest BCUT2D eigenvalue weighted by molar-refractivity contribution is -0.0510. The fourth-order valence-corrected chi connectivity index (χ4v) is 1.29. The molecule has 0 heterocycles. The van der Waals surface area contributed by atoms with Crippen molar-refractivity contribution in [1.82, 2.24) is 0 Å². The van der Waals surface area contributed by atoms with E-state index in [1.165, 1.54) is 0 Å². The highest BCUT2D eigenvalue weighted by Crippen LogP contribution is 2.22. The number of rotatable bonds is 2. The lowest BCUT2D eigenvalue weighted by Gasteiger charge is -2.04. The van der Waals surface area contributed by atoms with E-state index >= 15 is 0 Å². The van der Waals surface area contributed by atoms with Crippen LogP contribution in [-0.2, 0) is 10.1 Å². The van der Waals surface area contributed by atoms with Crippen molar-refractivity contribution in [3.05, 3.63) is 54.6 Å². The highest BCUT2D eigenvalue weighted by Gasteiger charge is 2.44. The van der Waals surface area contributed by atoms with Crippen molar-refractivity contribution in [3.8, 4) is 11.5 Å². The van der Waals surface area contributed by atoms with Gasteiger partial charge < -0.3 is 4.74 Å². The van der Waals surface area contributed by atoms with Gasteiger partial charge in [0.15, 0.2) is 0 Å². The van der Waals surface area contributed by atoms with Crippen molar-refractivity contribution >= 4 is 22.7 Å². The van der Waals surface area contributed by atoms with Gasteiger partial charge in [0.1, 0.15) is 11.5 Å². The van der Waals surface area contributed by atoms with Gasteiger partial charge in [-0.05, 0) is 36.4 Å². The Morgan fingerprint density at radius 1 is 0.909 bits per heavy atom. The van der Waals surface area contributed by atoms with E-state index < -0.39 is 15.6 Å². The highest BCUT2D eigenvalue weighted by molar-refractivity contribution is 7.86. The van der Waals surface area contributed by atoms with Gasteiger partial charge in [-0.2, -0.15) is 21.6 Å². The van der Waals surface area contributed by atoms with E-state index in [1.54, 1.807) is 0 Å². The van der Waals surface area contributed by atoms with Crippen LogP contribution in [0.4, 0.5) is 13.2 Å². The molecule has 9 heteroatoms. The van der Waals surface area contributed by atoms with Gasteiger partial charge in [0.05, 0.1) is 0 Å². The van der Waals surface area contributed by atoms with Gasteiger partial charge in [-0.15, -0.1) is 12.6 Å². The molecule has 1 N–H and O–H groups in total. The van der Waals surface area contributed by atoms with Crippen molar-refractivity contribution in [2.75, 3.05) is 0 Å². The van der Waals surface area contributed by atoms with Crippen molar-refractivity contribution in [3.63, 3.8) is 0 Å². The molecule has 4 nitrogen and oxygen atoms in total. The van der Waals surface area contributed by atoms with E-state index in [9.17, 15) is 13.2 Å². The molecule has 0 radical (unpaired) electrons. The summed E-state index contributed by atoms with van der Waals surface area (Å²) in [6.07, 6.45) is 0. The molecule has 22 heavy (non-hydrogen) atoms. The maximum absolute atomic E-state index is 10.7. The lowest BCUT2D eigenvalue weighted by atomic mass is 10.3. The molecule has 0 spiro atoms. The zero-order valence-corrected chi connectivity index (χ0v) is 12.6. The van der Waals surface area contributed by atoms with Crippen molar-refractivity contribution in [2.24, 2.45) is 0 Å². The molecule has 120 valence electrons. The summed E-state index contributed by atoms with van der Waals surface area (Å²) in [5, 5.41) is 0. The minimum atomic E-state index is -5.84. The Kier molecular flexibility index (Phi) is 6.27. The number of thiol groups is 1. The van der Waals surface area contributed by atoms with Crippen LogP contribution in [0.5, 0.6) is 11.5 Å². The quantitative estimate of drug-likeness (QED) is 0.484. The third kappa shape index (κ3) is 6.37. The fraction of sp³-hybridized carbons (Fsp3) is 0.0769. The monoisotopic (exact) mass is 352 g/mol. The maximum atomic E-state index is 10.7. The van der Waals surface area contributed by atoms with E-state index in [0.29, 0.717) is 0 Å². The average Bonchev–Trinajstić information content (AvgIpc) is 2.41. The molecule has 0 aliphatic carbocycles. The van der Waals surface area contributed by atoms with Crippen LogP contribution in [0.15, 0.2) is 59.5 Å². The molecule has 2 rings (SSSR count). The Labute approximate surface area is 130 Å². The molecule has 2 aromatic carbocycles. The summed E-state index contributed by atoms with van der Waals surface area (Å²) in [7, 11) is -5.84. The smallest absolute Gasteiger partial charge is 0.457 e. The second-order valence-corrected chi connectivity index (χ2v) is 5.76. The van der Waals surface area contributed by atoms with Crippen LogP contribution < -0.4 is 4.74 Å². The molecule has 0 saturated heterocycles. The number of hydrogen-bond donors (Lipinski definition) is 2. The van der Waals surface area contributed by atoms with Crippen molar-refractivity contribution in [2.45, 2.75) is 10.4 Å². The Morgan fingerprint density at radius 3 is 1.73 bits per heavy atom. The predicted octanol–water partition coefficient (Wildman–Crippen LogP) is 4.16. The average molecular weight is 352 g/mol. The summed E-state index contributed by atoms with van der Waals surface area (Å²) in [4.78, 5) is 0.936. The van der Waals surface area contributed by atoms with E-state index in [1.807, 2.05) is 54.6 Å². The first-order valence-electron chi connectivity index (χ1n) is 5.65. The zero-order chi connectivity index (χ0) is 16.8. The molecule has 0 unspecified atom stereocenters. The van der Waals surface area contributed by atoms with Gasteiger partial charge in [-0.1, -0.05) is 18.2 Å². The van der Waals surface area contributed by atoms with E-state index in [2.05, 4.69) is 12.6 Å². The van der Waals surface area contributed by atoms with E-state index in [0.717, 1.165) is 16.4 Å². The number of hydrogen-bond acceptors (Lipinski definition) is 4. The summed E-state index contributed by atoms with van der Waals surface area (Å²) in [6, 6.07) is 17.3. The molecule has 0 fully saturated rings. The van der Waals surface area contributed by atoms with Gasteiger partial charge in [-0.25, -0.2) is 0 Å². The summed E-state index contributed by atoms with van der Waals surface area (Å²) in [6.45, 7) is 0. The molecular formula is C13H11F3O4S2. The lowest BCUT2D eigenvalue weighted by Crippen LogP contribution is -2.21. The zero-order valence-electron chi connectivity index (χ0n) is 10.9. The summed E-state index contributed by atoms with van der Waals surface area (Å²) < 4.78 is 63.1. The van der Waals surface area contributed by atoms with Crippen molar-refractivity contribution in [1.29, 1.82) is 0 Å². The first-order valence-corrected chi connectivity index (χ1v) is 7.54. The maximum Gasteiger partial charge on any atom is 0.522 e. The SMILES string of the molecule is O=S(=O)(O)C(F)(F)F.Sc1ccc(Oc2ccccc2)cc1. The normalized spacial score (nSPS) is 11.3. The Morgan fingerprint density at radius 2 is 1.32 bits per heavy atom. The van der Waals surface area contributed by atoms with Gasteiger partial charge in [-0.3, -0.25) is 4.55 Å². The largest absolute Gasteiger partial charge is 0.522 e. The summed E-state index contributed by atoms with van der Waals surface area (Å²) >= 11 is 4.20. The van der Waals surface area contributed by atoms with Gasteiger partial charge >= 0.3 is 15.6 Å². The third-order valence-electron chi connectivity index (χ3n) is 2.11. The molecular weight excluding hydrogens is 341 g/mol. The van der Waals surface area contributed by atoms with Crippen LogP contribution in [0.1, 0.15) is 0 Å². The first-order chi connectivity index (χ1) is 10.1. The van der Waals surface area contributed by atoms with Crippen LogP contribution in [0, 0.1) is 0 Å². The van der Waals surface area contributed by atoms with Crippen LogP contribution >= 0.6 is 12.6 Å². The topological polar surface area (TPSA) is 63.6 Å². The number of ether oxygens (including phenoxy) is 1. The highest BCUT2D eigenvalue weighted by atomic mass is 32.2. The van der Waals surface area contributed by atoms with Crippen LogP contribution in [0.3, 0.4) is 0 Å². The Hall–Kier alpha value is -1.71. The first kappa shape index (κ1) is 18.3. The summed E-state index contributed by atoms with van der Waals surface area (Å²) in [5.74, 6) is 1.67. The van der Waals surface area contributed by atoms with Crippen LogP contribution in [-0.4, -0.2) is 18.5 Å². The third-order valence-corrected chi connectivity index (χ3v) is 2.99.